The summed E-state index contributed by atoms with van der Waals surface area (Å²) in [7, 11) is 0. The van der Waals surface area contributed by atoms with Gasteiger partial charge in [-0.1, -0.05) is 13.5 Å². The van der Waals surface area contributed by atoms with Gasteiger partial charge in [0.15, 0.2) is 0 Å². The molecule has 1 aliphatic carbocycles. The minimum absolute atomic E-state index is 0.0957. The summed E-state index contributed by atoms with van der Waals surface area (Å²) in [6.45, 7) is 7.72. The van der Waals surface area contributed by atoms with E-state index in [0.717, 1.165) is 6.42 Å². The summed E-state index contributed by atoms with van der Waals surface area (Å²) in [5.41, 5.74) is 0.398. The average molecular weight is 238 g/mol. The average Bonchev–Trinajstić information content (AvgIpc) is 2.58. The minimum atomic E-state index is -0.367. The molecule has 4 unspecified atom stereocenters. The first kappa shape index (κ1) is 12.1. The van der Waals surface area contributed by atoms with Gasteiger partial charge in [0.1, 0.15) is 6.10 Å². The summed E-state index contributed by atoms with van der Waals surface area (Å²) >= 11 is 0. The summed E-state index contributed by atoms with van der Waals surface area (Å²) in [5, 5.41) is 0. The van der Waals surface area contributed by atoms with E-state index < -0.39 is 0 Å². The molecule has 2 fully saturated rings. The standard InChI is InChI=1S/C13H18O4/c1-7(2)12(14)17-11-6-10-9(8(11)3)4-5-16-13(10)15/h8-11H,1,4-6H2,2-3H3. The molecule has 1 aliphatic heterocycles. The van der Waals surface area contributed by atoms with E-state index in [0.29, 0.717) is 24.5 Å². The number of hydrogen-bond acceptors (Lipinski definition) is 4. The molecule has 4 heteroatoms. The zero-order valence-corrected chi connectivity index (χ0v) is 10.3. The fourth-order valence-corrected chi connectivity index (χ4v) is 2.81. The van der Waals surface area contributed by atoms with Gasteiger partial charge >= 0.3 is 11.9 Å². The van der Waals surface area contributed by atoms with Crippen molar-refractivity contribution in [3.05, 3.63) is 12.2 Å². The summed E-state index contributed by atoms with van der Waals surface area (Å²) in [6.07, 6.45) is 1.28. The highest BCUT2D eigenvalue weighted by Crippen LogP contribution is 2.43. The molecule has 94 valence electrons. The number of ether oxygens (including phenoxy) is 2. The van der Waals surface area contributed by atoms with Crippen LogP contribution in [0.1, 0.15) is 26.7 Å². The summed E-state index contributed by atoms with van der Waals surface area (Å²) in [6, 6.07) is 0. The summed E-state index contributed by atoms with van der Waals surface area (Å²) < 4.78 is 10.4. The van der Waals surface area contributed by atoms with Crippen molar-refractivity contribution >= 4 is 11.9 Å². The van der Waals surface area contributed by atoms with Gasteiger partial charge in [-0.2, -0.15) is 0 Å². The highest BCUT2D eigenvalue weighted by atomic mass is 16.5. The van der Waals surface area contributed by atoms with Crippen molar-refractivity contribution in [2.75, 3.05) is 6.61 Å². The van der Waals surface area contributed by atoms with E-state index in [1.165, 1.54) is 0 Å². The molecule has 4 nitrogen and oxygen atoms in total. The second-order valence-electron chi connectivity index (χ2n) is 5.05. The van der Waals surface area contributed by atoms with Crippen LogP contribution < -0.4 is 0 Å². The highest BCUT2D eigenvalue weighted by molar-refractivity contribution is 5.87. The van der Waals surface area contributed by atoms with Gasteiger partial charge in [0, 0.05) is 5.57 Å². The Bertz CT molecular complexity index is 360. The maximum Gasteiger partial charge on any atom is 0.333 e. The zero-order chi connectivity index (χ0) is 12.6. The van der Waals surface area contributed by atoms with E-state index in [4.69, 9.17) is 9.47 Å². The van der Waals surface area contributed by atoms with E-state index in [-0.39, 0.29) is 29.9 Å². The lowest BCUT2D eigenvalue weighted by Gasteiger charge is -2.26. The molecular weight excluding hydrogens is 220 g/mol. The van der Waals surface area contributed by atoms with Gasteiger partial charge in [-0.25, -0.2) is 4.79 Å². The van der Waals surface area contributed by atoms with Gasteiger partial charge in [-0.3, -0.25) is 4.79 Å². The number of fused-ring (bicyclic) bond motifs is 1. The van der Waals surface area contributed by atoms with Crippen LogP contribution in [0.4, 0.5) is 0 Å². The Kier molecular flexibility index (Phi) is 3.22. The Hall–Kier alpha value is -1.32. The normalized spacial score (nSPS) is 36.0. The first-order valence-corrected chi connectivity index (χ1v) is 6.04. The van der Waals surface area contributed by atoms with E-state index in [1.54, 1.807) is 6.92 Å². The lowest BCUT2D eigenvalue weighted by Crippen LogP contribution is -2.31. The van der Waals surface area contributed by atoms with Crippen LogP contribution in [-0.4, -0.2) is 24.6 Å². The topological polar surface area (TPSA) is 52.6 Å². The second kappa shape index (κ2) is 4.51. The molecule has 0 spiro atoms. The number of esters is 2. The van der Waals surface area contributed by atoms with E-state index in [2.05, 4.69) is 6.58 Å². The van der Waals surface area contributed by atoms with Crippen molar-refractivity contribution in [3.63, 3.8) is 0 Å². The molecule has 0 N–H and O–H groups in total. The van der Waals surface area contributed by atoms with Crippen molar-refractivity contribution in [3.8, 4) is 0 Å². The van der Waals surface area contributed by atoms with Crippen LogP contribution in [0.15, 0.2) is 12.2 Å². The van der Waals surface area contributed by atoms with E-state index >= 15 is 0 Å². The number of carbonyl (C=O) groups excluding carboxylic acids is 2. The SMILES string of the molecule is C=C(C)C(=O)OC1CC2C(=O)OCCC2C1C. The van der Waals surface area contributed by atoms with Crippen molar-refractivity contribution in [2.45, 2.75) is 32.8 Å². The highest BCUT2D eigenvalue weighted by Gasteiger charge is 2.48. The van der Waals surface area contributed by atoms with Crippen LogP contribution in [0.25, 0.3) is 0 Å². The van der Waals surface area contributed by atoms with Gasteiger partial charge in [0.25, 0.3) is 0 Å². The monoisotopic (exact) mass is 238 g/mol. The van der Waals surface area contributed by atoms with Crippen LogP contribution in [0.2, 0.25) is 0 Å². The molecule has 1 saturated carbocycles. The first-order chi connectivity index (χ1) is 8.00. The fourth-order valence-electron chi connectivity index (χ4n) is 2.81. The van der Waals surface area contributed by atoms with Crippen molar-refractivity contribution < 1.29 is 19.1 Å². The Labute approximate surface area is 101 Å². The van der Waals surface area contributed by atoms with Crippen molar-refractivity contribution in [1.82, 2.24) is 0 Å². The predicted molar refractivity (Wildman–Crippen MR) is 61.0 cm³/mol. The van der Waals surface area contributed by atoms with Gasteiger partial charge in [0.05, 0.1) is 12.5 Å². The molecule has 0 aromatic carbocycles. The third kappa shape index (κ3) is 2.21. The van der Waals surface area contributed by atoms with E-state index in [9.17, 15) is 9.59 Å². The van der Waals surface area contributed by atoms with Crippen LogP contribution in [0, 0.1) is 17.8 Å². The molecule has 0 amide bonds. The van der Waals surface area contributed by atoms with E-state index in [1.807, 2.05) is 6.92 Å². The zero-order valence-electron chi connectivity index (χ0n) is 10.3. The largest absolute Gasteiger partial charge is 0.465 e. The Morgan fingerprint density at radius 1 is 1.53 bits per heavy atom. The lowest BCUT2D eigenvalue weighted by atomic mass is 9.86. The molecule has 1 saturated heterocycles. The van der Waals surface area contributed by atoms with Crippen LogP contribution in [-0.2, 0) is 19.1 Å². The third-order valence-electron chi connectivity index (χ3n) is 3.87. The molecule has 0 aromatic heterocycles. The summed E-state index contributed by atoms with van der Waals surface area (Å²) in [4.78, 5) is 23.1. The number of rotatable bonds is 2. The smallest absolute Gasteiger partial charge is 0.333 e. The summed E-state index contributed by atoms with van der Waals surface area (Å²) in [5.74, 6) is -0.0900. The molecule has 1 heterocycles. The Morgan fingerprint density at radius 2 is 2.24 bits per heavy atom. The lowest BCUT2D eigenvalue weighted by molar-refractivity contribution is -0.156. The molecule has 4 atom stereocenters. The number of hydrogen-bond donors (Lipinski definition) is 0. The number of carbonyl (C=O) groups is 2. The molecule has 17 heavy (non-hydrogen) atoms. The van der Waals surface area contributed by atoms with Gasteiger partial charge in [0.2, 0.25) is 0 Å². The predicted octanol–water partition coefficient (Wildman–Crippen LogP) is 1.69. The number of cyclic esters (lactones) is 1. The maximum atomic E-state index is 11.6. The van der Waals surface area contributed by atoms with Crippen molar-refractivity contribution in [1.29, 1.82) is 0 Å². The van der Waals surface area contributed by atoms with Crippen LogP contribution in [0.5, 0.6) is 0 Å². The van der Waals surface area contributed by atoms with Gasteiger partial charge in [-0.05, 0) is 31.6 Å². The Morgan fingerprint density at radius 3 is 2.82 bits per heavy atom. The minimum Gasteiger partial charge on any atom is -0.465 e. The fraction of sp³-hybridized carbons (Fsp3) is 0.692. The molecule has 0 radical (unpaired) electrons. The van der Waals surface area contributed by atoms with Crippen LogP contribution >= 0.6 is 0 Å². The first-order valence-electron chi connectivity index (χ1n) is 6.04. The van der Waals surface area contributed by atoms with Crippen molar-refractivity contribution in [2.24, 2.45) is 17.8 Å². The molecule has 2 rings (SSSR count). The maximum absolute atomic E-state index is 11.6. The second-order valence-corrected chi connectivity index (χ2v) is 5.05. The molecule has 2 aliphatic rings. The van der Waals surface area contributed by atoms with Gasteiger partial charge in [-0.15, -0.1) is 0 Å². The molecule has 0 bridgehead atoms. The molecule has 0 aromatic rings. The quantitative estimate of drug-likeness (QED) is 0.542. The third-order valence-corrected chi connectivity index (χ3v) is 3.87. The molecular formula is C13H18O4. The Balaban J connectivity index is 2.04. The van der Waals surface area contributed by atoms with Gasteiger partial charge < -0.3 is 9.47 Å². The van der Waals surface area contributed by atoms with Crippen LogP contribution in [0.3, 0.4) is 0 Å².